The smallest absolute Gasteiger partial charge is 0.151 e. The van der Waals surface area contributed by atoms with Crippen LogP contribution >= 0.6 is 0 Å². The second-order valence-corrected chi connectivity index (χ2v) is 5.55. The molecule has 0 heterocycles. The highest BCUT2D eigenvalue weighted by atomic mass is 16.5. The highest BCUT2D eigenvalue weighted by Gasteiger charge is 2.23. The van der Waals surface area contributed by atoms with E-state index in [4.69, 9.17) is 4.74 Å². The topological polar surface area (TPSA) is 41.5 Å². The fourth-order valence-corrected chi connectivity index (χ4v) is 2.76. The lowest BCUT2D eigenvalue weighted by molar-refractivity contribution is 0.0379. The number of aliphatic hydroxyl groups excluding tert-OH is 1. The third-order valence-corrected chi connectivity index (χ3v) is 3.89. The van der Waals surface area contributed by atoms with Gasteiger partial charge in [-0.1, -0.05) is 66.7 Å². The van der Waals surface area contributed by atoms with Crippen molar-refractivity contribution in [1.82, 2.24) is 5.32 Å². The molecule has 0 aliphatic carbocycles. The SMILES string of the molecule is CNC[C@H](O)[C@H](Oc1cccc2ccccc12)c1ccccc1. The maximum atomic E-state index is 10.5. The molecule has 2 atom stereocenters. The summed E-state index contributed by atoms with van der Waals surface area (Å²) in [6, 6.07) is 23.9. The van der Waals surface area contributed by atoms with Crippen LogP contribution in [0.1, 0.15) is 11.7 Å². The maximum Gasteiger partial charge on any atom is 0.151 e. The van der Waals surface area contributed by atoms with Gasteiger partial charge in [-0.3, -0.25) is 0 Å². The van der Waals surface area contributed by atoms with Crippen molar-refractivity contribution in [2.45, 2.75) is 12.2 Å². The third kappa shape index (κ3) is 3.52. The summed E-state index contributed by atoms with van der Waals surface area (Å²) in [7, 11) is 1.82. The maximum absolute atomic E-state index is 10.5. The van der Waals surface area contributed by atoms with Gasteiger partial charge in [0.05, 0.1) is 0 Å². The minimum atomic E-state index is -0.638. The summed E-state index contributed by atoms with van der Waals surface area (Å²) in [6.07, 6.45) is -1.06. The number of hydrogen-bond donors (Lipinski definition) is 2. The van der Waals surface area contributed by atoms with Crippen molar-refractivity contribution < 1.29 is 9.84 Å². The van der Waals surface area contributed by atoms with Crippen LogP contribution in [0.4, 0.5) is 0 Å². The van der Waals surface area contributed by atoms with Crippen LogP contribution in [-0.4, -0.2) is 24.8 Å². The molecule has 0 saturated carbocycles. The average Bonchev–Trinajstić information content (AvgIpc) is 2.60. The van der Waals surface area contributed by atoms with Gasteiger partial charge in [0.25, 0.3) is 0 Å². The van der Waals surface area contributed by atoms with Crippen LogP contribution in [-0.2, 0) is 0 Å². The van der Waals surface area contributed by atoms with E-state index in [0.29, 0.717) is 6.54 Å². The first kappa shape index (κ1) is 15.5. The molecule has 23 heavy (non-hydrogen) atoms. The lowest BCUT2D eigenvalue weighted by atomic mass is 10.0. The van der Waals surface area contributed by atoms with Crippen molar-refractivity contribution >= 4 is 10.8 Å². The van der Waals surface area contributed by atoms with Crippen LogP contribution in [0.5, 0.6) is 5.75 Å². The van der Waals surface area contributed by atoms with E-state index in [1.807, 2.05) is 67.7 Å². The number of ether oxygens (including phenoxy) is 1. The summed E-state index contributed by atoms with van der Waals surface area (Å²) < 4.78 is 6.24. The fourth-order valence-electron chi connectivity index (χ4n) is 2.76. The van der Waals surface area contributed by atoms with Crippen molar-refractivity contribution in [3.63, 3.8) is 0 Å². The molecule has 3 aromatic rings. The van der Waals surface area contributed by atoms with E-state index in [1.54, 1.807) is 0 Å². The van der Waals surface area contributed by atoms with Gasteiger partial charge >= 0.3 is 0 Å². The molecule has 0 bridgehead atoms. The van der Waals surface area contributed by atoms with E-state index in [0.717, 1.165) is 22.1 Å². The minimum absolute atomic E-state index is 0.422. The number of fused-ring (bicyclic) bond motifs is 1. The normalized spacial score (nSPS) is 13.7. The van der Waals surface area contributed by atoms with Crippen molar-refractivity contribution in [1.29, 1.82) is 0 Å². The Morgan fingerprint density at radius 3 is 2.39 bits per heavy atom. The van der Waals surface area contributed by atoms with Gasteiger partial charge in [-0.15, -0.1) is 0 Å². The van der Waals surface area contributed by atoms with Crippen LogP contribution < -0.4 is 10.1 Å². The third-order valence-electron chi connectivity index (χ3n) is 3.89. The summed E-state index contributed by atoms with van der Waals surface area (Å²) in [6.45, 7) is 0.463. The molecule has 0 aliphatic heterocycles. The fraction of sp³-hybridized carbons (Fsp3) is 0.200. The Morgan fingerprint density at radius 1 is 0.913 bits per heavy atom. The molecule has 2 N–H and O–H groups in total. The van der Waals surface area contributed by atoms with Gasteiger partial charge in [0, 0.05) is 11.9 Å². The van der Waals surface area contributed by atoms with Gasteiger partial charge < -0.3 is 15.2 Å². The van der Waals surface area contributed by atoms with Crippen molar-refractivity contribution in [3.8, 4) is 5.75 Å². The second kappa shape index (κ2) is 7.27. The summed E-state index contributed by atoms with van der Waals surface area (Å²) in [4.78, 5) is 0. The Morgan fingerprint density at radius 2 is 1.61 bits per heavy atom. The molecule has 3 aromatic carbocycles. The number of likely N-dealkylation sites (N-methyl/N-ethyl adjacent to an activating group) is 1. The molecule has 0 amide bonds. The second-order valence-electron chi connectivity index (χ2n) is 5.55. The molecule has 0 aliphatic rings. The van der Waals surface area contributed by atoms with Gasteiger partial charge in [-0.25, -0.2) is 0 Å². The van der Waals surface area contributed by atoms with Gasteiger partial charge in [-0.2, -0.15) is 0 Å². The average molecular weight is 307 g/mol. The molecule has 0 fully saturated rings. The number of aliphatic hydroxyl groups is 1. The summed E-state index contributed by atoms with van der Waals surface area (Å²) in [5, 5.41) is 15.7. The predicted molar refractivity (Wildman–Crippen MR) is 93.7 cm³/mol. The van der Waals surface area contributed by atoms with Gasteiger partial charge in [-0.05, 0) is 24.1 Å². The van der Waals surface area contributed by atoms with E-state index >= 15 is 0 Å². The molecular formula is C20H21NO2. The number of benzene rings is 3. The molecular weight excluding hydrogens is 286 g/mol. The van der Waals surface area contributed by atoms with Gasteiger partial charge in [0.15, 0.2) is 6.10 Å². The predicted octanol–water partition coefficient (Wildman–Crippen LogP) is 3.54. The number of nitrogens with one attached hydrogen (secondary N) is 1. The molecule has 118 valence electrons. The quantitative estimate of drug-likeness (QED) is 0.732. The van der Waals surface area contributed by atoms with Crippen LogP contribution in [0, 0.1) is 0 Å². The van der Waals surface area contributed by atoms with Crippen LogP contribution in [0.15, 0.2) is 72.8 Å². The Balaban J connectivity index is 1.97. The lowest BCUT2D eigenvalue weighted by Crippen LogP contribution is -2.32. The molecule has 0 spiro atoms. The lowest BCUT2D eigenvalue weighted by Gasteiger charge is -2.25. The van der Waals surface area contributed by atoms with Gasteiger partial charge in [0.2, 0.25) is 0 Å². The van der Waals surface area contributed by atoms with Crippen LogP contribution in [0.25, 0.3) is 10.8 Å². The summed E-state index contributed by atoms with van der Waals surface area (Å²) in [5.74, 6) is 0.784. The molecule has 3 nitrogen and oxygen atoms in total. The standard InChI is InChI=1S/C20H21NO2/c1-21-14-18(22)20(16-9-3-2-4-10-16)23-19-13-7-11-15-8-5-6-12-17(15)19/h2-13,18,20-22H,14H2,1H3/t18-,20+/m0/s1. The van der Waals surface area contributed by atoms with Crippen molar-refractivity contribution in [3.05, 3.63) is 78.4 Å². The van der Waals surface area contributed by atoms with Crippen molar-refractivity contribution in [2.75, 3.05) is 13.6 Å². The Bertz CT molecular complexity index is 752. The highest BCUT2D eigenvalue weighted by Crippen LogP contribution is 2.31. The van der Waals surface area contributed by atoms with E-state index in [2.05, 4.69) is 17.4 Å². The number of rotatable bonds is 6. The molecule has 3 heteroatoms. The first-order chi connectivity index (χ1) is 11.3. The summed E-state index contributed by atoms with van der Waals surface area (Å²) >= 11 is 0. The Labute approximate surface area is 136 Å². The monoisotopic (exact) mass is 307 g/mol. The molecule has 0 aromatic heterocycles. The largest absolute Gasteiger partial charge is 0.482 e. The van der Waals surface area contributed by atoms with E-state index in [1.165, 1.54) is 0 Å². The zero-order valence-corrected chi connectivity index (χ0v) is 13.1. The first-order valence-electron chi connectivity index (χ1n) is 7.81. The van der Waals surface area contributed by atoms with Crippen LogP contribution in [0.2, 0.25) is 0 Å². The zero-order valence-electron chi connectivity index (χ0n) is 13.1. The summed E-state index contributed by atoms with van der Waals surface area (Å²) in [5.41, 5.74) is 0.961. The molecule has 3 rings (SSSR count). The molecule has 0 radical (unpaired) electrons. The molecule has 0 saturated heterocycles. The zero-order chi connectivity index (χ0) is 16.1. The van der Waals surface area contributed by atoms with Gasteiger partial charge in [0.1, 0.15) is 11.9 Å². The Kier molecular flexibility index (Phi) is 4.91. The highest BCUT2D eigenvalue weighted by molar-refractivity contribution is 5.88. The Hall–Kier alpha value is -2.36. The first-order valence-corrected chi connectivity index (χ1v) is 7.81. The minimum Gasteiger partial charge on any atom is -0.482 e. The van der Waals surface area contributed by atoms with E-state index < -0.39 is 12.2 Å². The molecule has 0 unspecified atom stereocenters. The number of hydrogen-bond acceptors (Lipinski definition) is 3. The van der Waals surface area contributed by atoms with E-state index in [-0.39, 0.29) is 0 Å². The van der Waals surface area contributed by atoms with Crippen LogP contribution in [0.3, 0.4) is 0 Å². The van der Waals surface area contributed by atoms with Crippen molar-refractivity contribution in [2.24, 2.45) is 0 Å². The van der Waals surface area contributed by atoms with E-state index in [9.17, 15) is 5.11 Å².